The Kier molecular flexibility index (Phi) is 3.37. The van der Waals surface area contributed by atoms with Crippen molar-refractivity contribution in [3.05, 3.63) is 50.9 Å². The Morgan fingerprint density at radius 1 is 1.21 bits per heavy atom. The molecule has 1 amide bonds. The number of hydrogen-bond acceptors (Lipinski definition) is 4. The van der Waals surface area contributed by atoms with Crippen LogP contribution < -0.4 is 11.1 Å². The third-order valence-electron chi connectivity index (χ3n) is 4.98. The Labute approximate surface area is 138 Å². The van der Waals surface area contributed by atoms with Crippen molar-refractivity contribution in [2.45, 2.75) is 25.8 Å². The molecule has 2 bridgehead atoms. The molecule has 1 N–H and O–H groups in total. The monoisotopic (exact) mass is 326 g/mol. The molecule has 0 spiro atoms. The first-order valence-electron chi connectivity index (χ1n) is 8.06. The molecule has 0 aromatic carbocycles. The summed E-state index contributed by atoms with van der Waals surface area (Å²) in [5, 5.41) is 0. The fourth-order valence-electron chi connectivity index (χ4n) is 3.89. The minimum atomic E-state index is -0.252. The fraction of sp³-hybridized carbons (Fsp3) is 0.412. The smallest absolute Gasteiger partial charge is 0.251 e. The first-order valence-corrected chi connectivity index (χ1v) is 8.06. The second kappa shape index (κ2) is 5.43. The quantitative estimate of drug-likeness (QED) is 0.829. The zero-order valence-corrected chi connectivity index (χ0v) is 13.4. The van der Waals surface area contributed by atoms with Crippen molar-refractivity contribution >= 4 is 5.91 Å². The number of carbonyl (C=O) groups is 1. The van der Waals surface area contributed by atoms with Crippen LogP contribution in [0.5, 0.6) is 0 Å². The Bertz CT molecular complexity index is 930. The topological polar surface area (TPSA) is 88.1 Å². The van der Waals surface area contributed by atoms with Gasteiger partial charge in [0.15, 0.2) is 0 Å². The summed E-state index contributed by atoms with van der Waals surface area (Å²) in [6.45, 7) is 3.58. The Morgan fingerprint density at radius 2 is 2.04 bits per heavy atom. The third-order valence-corrected chi connectivity index (χ3v) is 4.98. The molecule has 124 valence electrons. The summed E-state index contributed by atoms with van der Waals surface area (Å²) in [6.07, 6.45) is 2.32. The number of nitrogens with one attached hydrogen (secondary N) is 1. The van der Waals surface area contributed by atoms with Crippen LogP contribution >= 0.6 is 0 Å². The van der Waals surface area contributed by atoms with Crippen LogP contribution in [0.25, 0.3) is 11.3 Å². The number of aromatic nitrogens is 3. The van der Waals surface area contributed by atoms with E-state index in [-0.39, 0.29) is 22.9 Å². The number of hydrogen-bond donors (Lipinski definition) is 1. The highest BCUT2D eigenvalue weighted by Crippen LogP contribution is 2.36. The summed E-state index contributed by atoms with van der Waals surface area (Å²) in [7, 11) is 0. The predicted octanol–water partition coefficient (Wildman–Crippen LogP) is 0.564. The van der Waals surface area contributed by atoms with Gasteiger partial charge in [0.1, 0.15) is 0 Å². The minimum absolute atomic E-state index is 0.0736. The lowest BCUT2D eigenvalue weighted by atomic mass is 9.82. The minimum Gasteiger partial charge on any atom is -0.342 e. The van der Waals surface area contributed by atoms with E-state index in [0.717, 1.165) is 18.7 Å². The predicted molar refractivity (Wildman–Crippen MR) is 87.7 cm³/mol. The van der Waals surface area contributed by atoms with Gasteiger partial charge in [-0.25, -0.2) is 4.98 Å². The number of H-pyrrole nitrogens is 1. The number of amides is 1. The number of nitrogens with zero attached hydrogens (tertiary/aromatic N) is 3. The van der Waals surface area contributed by atoms with Gasteiger partial charge in [-0.15, -0.1) is 0 Å². The van der Waals surface area contributed by atoms with Crippen LogP contribution in [-0.4, -0.2) is 38.4 Å². The van der Waals surface area contributed by atoms with E-state index in [9.17, 15) is 14.4 Å². The van der Waals surface area contributed by atoms with Gasteiger partial charge in [0, 0.05) is 55.9 Å². The maximum Gasteiger partial charge on any atom is 0.251 e. The van der Waals surface area contributed by atoms with E-state index >= 15 is 0 Å². The number of fused-ring (bicyclic) bond motifs is 4. The van der Waals surface area contributed by atoms with Crippen molar-refractivity contribution < 1.29 is 4.79 Å². The third kappa shape index (κ3) is 2.46. The average molecular weight is 326 g/mol. The van der Waals surface area contributed by atoms with Gasteiger partial charge in [-0.3, -0.25) is 14.4 Å². The number of aromatic amines is 1. The largest absolute Gasteiger partial charge is 0.342 e. The summed E-state index contributed by atoms with van der Waals surface area (Å²) in [4.78, 5) is 44.3. The number of carbonyl (C=O) groups excluding carboxylic acids is 1. The Morgan fingerprint density at radius 3 is 2.79 bits per heavy atom. The molecular formula is C17H18N4O3. The zero-order valence-electron chi connectivity index (χ0n) is 13.4. The molecule has 0 unspecified atom stereocenters. The summed E-state index contributed by atoms with van der Waals surface area (Å²) in [6, 6.07) is 4.86. The average Bonchev–Trinajstić information content (AvgIpc) is 2.55. The molecule has 1 saturated heterocycles. The van der Waals surface area contributed by atoms with E-state index in [1.807, 2.05) is 15.5 Å². The van der Waals surface area contributed by atoms with E-state index in [1.165, 1.54) is 18.5 Å². The molecule has 0 saturated carbocycles. The van der Waals surface area contributed by atoms with Gasteiger partial charge in [-0.1, -0.05) is 0 Å². The Hall–Kier alpha value is -2.70. The van der Waals surface area contributed by atoms with E-state index < -0.39 is 0 Å². The molecule has 2 atom stereocenters. The maximum absolute atomic E-state index is 12.6. The van der Waals surface area contributed by atoms with Gasteiger partial charge < -0.3 is 14.5 Å². The van der Waals surface area contributed by atoms with Crippen molar-refractivity contribution in [1.29, 1.82) is 0 Å². The molecule has 2 aliphatic rings. The molecule has 0 aliphatic carbocycles. The van der Waals surface area contributed by atoms with Crippen molar-refractivity contribution in [3.8, 4) is 11.3 Å². The number of pyridine rings is 1. The van der Waals surface area contributed by atoms with Crippen LogP contribution in [0.2, 0.25) is 0 Å². The molecule has 2 aliphatic heterocycles. The van der Waals surface area contributed by atoms with E-state index in [2.05, 4.69) is 9.97 Å². The SMILES string of the molecule is CC(=O)N1C[C@@H]2C[C@H](C1)c1cc(-c3cc(=O)[nH]cn3)cc(=O)n1C2. The fourth-order valence-corrected chi connectivity index (χ4v) is 3.89. The van der Waals surface area contributed by atoms with Crippen molar-refractivity contribution in [1.82, 2.24) is 19.4 Å². The van der Waals surface area contributed by atoms with Gasteiger partial charge in [0.05, 0.1) is 12.0 Å². The lowest BCUT2D eigenvalue weighted by molar-refractivity contribution is -0.131. The molecule has 7 heteroatoms. The summed E-state index contributed by atoms with van der Waals surface area (Å²) in [5.74, 6) is 0.547. The number of likely N-dealkylation sites (tertiary alicyclic amines) is 1. The highest BCUT2D eigenvalue weighted by Gasteiger charge is 2.35. The van der Waals surface area contributed by atoms with Gasteiger partial charge >= 0.3 is 0 Å². The molecule has 4 heterocycles. The number of rotatable bonds is 1. The van der Waals surface area contributed by atoms with Crippen LogP contribution in [0.3, 0.4) is 0 Å². The zero-order chi connectivity index (χ0) is 16.8. The Balaban J connectivity index is 1.80. The first kappa shape index (κ1) is 14.9. The van der Waals surface area contributed by atoms with E-state index in [1.54, 1.807) is 6.92 Å². The first-order chi connectivity index (χ1) is 11.5. The highest BCUT2D eigenvalue weighted by molar-refractivity contribution is 5.73. The normalized spacial score (nSPS) is 22.1. The van der Waals surface area contributed by atoms with E-state index in [4.69, 9.17) is 0 Å². The lowest BCUT2D eigenvalue weighted by Crippen LogP contribution is -2.48. The molecule has 4 rings (SSSR count). The molecule has 2 aromatic heterocycles. The van der Waals surface area contributed by atoms with Gasteiger partial charge in [0.25, 0.3) is 11.1 Å². The van der Waals surface area contributed by atoms with Crippen LogP contribution in [0.1, 0.15) is 25.0 Å². The lowest BCUT2D eigenvalue weighted by Gasteiger charge is -2.42. The molecule has 24 heavy (non-hydrogen) atoms. The number of piperidine rings is 1. The van der Waals surface area contributed by atoms with Crippen LogP contribution in [0, 0.1) is 5.92 Å². The van der Waals surface area contributed by atoms with Gasteiger partial charge in [-0.2, -0.15) is 0 Å². The highest BCUT2D eigenvalue weighted by atomic mass is 16.2. The van der Waals surface area contributed by atoms with Gasteiger partial charge in [-0.05, 0) is 18.4 Å². The van der Waals surface area contributed by atoms with Crippen LogP contribution in [0.4, 0.5) is 0 Å². The van der Waals surface area contributed by atoms with Crippen molar-refractivity contribution in [2.75, 3.05) is 13.1 Å². The second-order valence-corrected chi connectivity index (χ2v) is 6.64. The standard InChI is InChI=1S/C17H18N4O3/c1-10(22)20-6-11-2-13(8-20)15-3-12(4-17(24)21(15)7-11)14-5-16(23)19-9-18-14/h3-5,9,11,13H,2,6-8H2,1H3,(H,18,19,23)/t11-,13+/m0/s1. The maximum atomic E-state index is 12.6. The van der Waals surface area contributed by atoms with Crippen LogP contribution in [-0.2, 0) is 11.3 Å². The van der Waals surface area contributed by atoms with E-state index in [0.29, 0.717) is 30.3 Å². The molecule has 7 nitrogen and oxygen atoms in total. The van der Waals surface area contributed by atoms with Crippen molar-refractivity contribution in [2.24, 2.45) is 5.92 Å². The summed E-state index contributed by atoms with van der Waals surface area (Å²) in [5.41, 5.74) is 1.74. The van der Waals surface area contributed by atoms with Gasteiger partial charge in [0.2, 0.25) is 5.91 Å². The molecule has 1 fully saturated rings. The summed E-state index contributed by atoms with van der Waals surface area (Å²) < 4.78 is 1.81. The summed E-state index contributed by atoms with van der Waals surface area (Å²) >= 11 is 0. The second-order valence-electron chi connectivity index (χ2n) is 6.64. The molecule has 0 radical (unpaired) electrons. The molecule has 2 aromatic rings. The van der Waals surface area contributed by atoms with Crippen LogP contribution in [0.15, 0.2) is 34.1 Å². The van der Waals surface area contributed by atoms with Crippen molar-refractivity contribution in [3.63, 3.8) is 0 Å². The molecular weight excluding hydrogens is 308 g/mol.